The summed E-state index contributed by atoms with van der Waals surface area (Å²) in [6, 6.07) is 8.99. The highest BCUT2D eigenvalue weighted by Gasteiger charge is 2.10. The predicted molar refractivity (Wildman–Crippen MR) is 87.1 cm³/mol. The minimum Gasteiger partial charge on any atom is -0.478 e. The molecule has 0 heterocycles. The average molecular weight is 395 g/mol. The first-order valence-corrected chi connectivity index (χ1v) is 7.27. The number of carbonyl (C=O) groups excluding carboxylic acids is 1. The second kappa shape index (κ2) is 8.28. The Kier molecular flexibility index (Phi) is 6.70. The predicted octanol–water partition coefficient (Wildman–Crippen LogP) is 2.63. The van der Waals surface area contributed by atoms with Crippen LogP contribution in [0.3, 0.4) is 0 Å². The van der Waals surface area contributed by atoms with Crippen LogP contribution in [0.5, 0.6) is 5.75 Å². The van der Waals surface area contributed by atoms with Crippen LogP contribution in [-0.2, 0) is 4.79 Å². The van der Waals surface area contributed by atoms with Crippen molar-refractivity contribution in [2.75, 3.05) is 6.61 Å². The quantitative estimate of drug-likeness (QED) is 0.472. The molecule has 1 rings (SSSR count). The lowest BCUT2D eigenvalue weighted by atomic mass is 10.1. The molecule has 0 aliphatic carbocycles. The number of hydrogen-bond acceptors (Lipinski definition) is 4. The van der Waals surface area contributed by atoms with E-state index in [4.69, 9.17) is 15.3 Å². The van der Waals surface area contributed by atoms with E-state index in [1.165, 1.54) is 6.08 Å². The molecular weight excluding hydrogens is 381 g/mol. The highest BCUT2D eigenvalue weighted by atomic mass is 127. The van der Waals surface area contributed by atoms with E-state index < -0.39 is 5.91 Å². The van der Waals surface area contributed by atoms with Gasteiger partial charge in [0.2, 0.25) is 0 Å². The molecule has 0 bridgehead atoms. The van der Waals surface area contributed by atoms with Crippen LogP contribution in [0.1, 0.15) is 19.4 Å². The Balaban J connectivity index is 2.98. The molecule has 0 saturated carbocycles. The van der Waals surface area contributed by atoms with Crippen molar-refractivity contribution in [3.8, 4) is 17.9 Å². The summed E-state index contributed by atoms with van der Waals surface area (Å²) in [6.07, 6.45) is 1.52. The molecule has 0 aromatic heterocycles. The molecule has 0 atom stereocenters. The summed E-state index contributed by atoms with van der Waals surface area (Å²) in [6.45, 7) is 3.64. The van der Waals surface area contributed by atoms with Crippen LogP contribution in [0.15, 0.2) is 23.8 Å². The largest absolute Gasteiger partial charge is 0.478 e. The lowest BCUT2D eigenvalue weighted by Crippen LogP contribution is -2.30. The Morgan fingerprint density at radius 1 is 1.48 bits per heavy atom. The van der Waals surface area contributed by atoms with Gasteiger partial charge in [-0.2, -0.15) is 10.5 Å². The minimum atomic E-state index is -0.396. The van der Waals surface area contributed by atoms with Crippen LogP contribution in [0.25, 0.3) is 6.08 Å². The Morgan fingerprint density at radius 3 is 2.71 bits per heavy atom. The van der Waals surface area contributed by atoms with E-state index in [0.29, 0.717) is 5.75 Å². The molecule has 6 heteroatoms. The normalized spacial score (nSPS) is 10.7. The van der Waals surface area contributed by atoms with Gasteiger partial charge in [0.1, 0.15) is 23.5 Å². The maximum Gasteiger partial charge on any atom is 0.262 e. The first-order chi connectivity index (χ1) is 9.97. The molecule has 0 aliphatic heterocycles. The Morgan fingerprint density at radius 2 is 2.19 bits per heavy atom. The van der Waals surface area contributed by atoms with Gasteiger partial charge in [-0.25, -0.2) is 0 Å². The number of ether oxygens (including phenoxy) is 1. The van der Waals surface area contributed by atoms with Crippen molar-refractivity contribution < 1.29 is 9.53 Å². The Bertz CT molecular complexity index is 639. The van der Waals surface area contributed by atoms with Crippen LogP contribution >= 0.6 is 22.6 Å². The van der Waals surface area contributed by atoms with Crippen molar-refractivity contribution in [3.05, 3.63) is 32.9 Å². The van der Waals surface area contributed by atoms with Crippen LogP contribution in [0, 0.1) is 26.2 Å². The fourth-order valence-electron chi connectivity index (χ4n) is 1.49. The fraction of sp³-hybridized carbons (Fsp3) is 0.267. The van der Waals surface area contributed by atoms with Gasteiger partial charge >= 0.3 is 0 Å². The van der Waals surface area contributed by atoms with Crippen molar-refractivity contribution in [2.45, 2.75) is 19.9 Å². The van der Waals surface area contributed by atoms with Crippen molar-refractivity contribution in [2.24, 2.45) is 0 Å². The van der Waals surface area contributed by atoms with E-state index in [2.05, 4.69) is 27.9 Å². The second-order valence-corrected chi connectivity index (χ2v) is 5.60. The maximum absolute atomic E-state index is 11.8. The second-order valence-electron chi connectivity index (χ2n) is 4.43. The molecule has 0 saturated heterocycles. The van der Waals surface area contributed by atoms with Crippen molar-refractivity contribution in [1.29, 1.82) is 10.5 Å². The lowest BCUT2D eigenvalue weighted by Gasteiger charge is -2.08. The van der Waals surface area contributed by atoms with Gasteiger partial charge in [-0.15, -0.1) is 0 Å². The zero-order valence-corrected chi connectivity index (χ0v) is 13.8. The number of carbonyl (C=O) groups is 1. The van der Waals surface area contributed by atoms with E-state index >= 15 is 0 Å². The van der Waals surface area contributed by atoms with Crippen LogP contribution in [0.2, 0.25) is 0 Å². The third-order valence-electron chi connectivity index (χ3n) is 2.34. The van der Waals surface area contributed by atoms with Gasteiger partial charge in [-0.05, 0) is 60.2 Å². The van der Waals surface area contributed by atoms with Crippen LogP contribution in [0.4, 0.5) is 0 Å². The molecule has 0 radical (unpaired) electrons. The minimum absolute atomic E-state index is 0.0224. The van der Waals surface area contributed by atoms with E-state index in [-0.39, 0.29) is 18.2 Å². The van der Waals surface area contributed by atoms with E-state index in [0.717, 1.165) is 9.13 Å². The summed E-state index contributed by atoms with van der Waals surface area (Å²) in [7, 11) is 0. The van der Waals surface area contributed by atoms with Gasteiger partial charge in [0.05, 0.1) is 3.57 Å². The van der Waals surface area contributed by atoms with E-state index in [9.17, 15) is 4.79 Å². The molecule has 1 aromatic rings. The molecule has 1 N–H and O–H groups in total. The summed E-state index contributed by atoms with van der Waals surface area (Å²) in [5, 5.41) is 20.2. The maximum atomic E-state index is 11.8. The number of rotatable bonds is 5. The zero-order chi connectivity index (χ0) is 15.8. The first-order valence-electron chi connectivity index (χ1n) is 6.20. The summed E-state index contributed by atoms with van der Waals surface area (Å²) < 4.78 is 6.04. The number of halogens is 1. The number of hydrogen-bond donors (Lipinski definition) is 1. The third-order valence-corrected chi connectivity index (χ3v) is 3.19. The standard InChI is InChI=1S/C15H14IN3O2/c1-10(2)19-15(20)12(9-18)7-11-3-4-14(13(16)8-11)21-6-5-17/h3-4,7-8,10H,6H2,1-2H3,(H,19,20)/b12-7-. The molecule has 0 fully saturated rings. The summed E-state index contributed by atoms with van der Waals surface area (Å²) in [5.74, 6) is 0.201. The monoisotopic (exact) mass is 395 g/mol. The number of amides is 1. The molecular formula is C15H14IN3O2. The topological polar surface area (TPSA) is 85.9 Å². The van der Waals surface area contributed by atoms with Gasteiger partial charge in [0.25, 0.3) is 5.91 Å². The molecule has 108 valence electrons. The van der Waals surface area contributed by atoms with Crippen LogP contribution < -0.4 is 10.1 Å². The van der Waals surface area contributed by atoms with E-state index in [1.807, 2.05) is 26.0 Å². The molecule has 1 amide bonds. The summed E-state index contributed by atoms with van der Waals surface area (Å²) in [4.78, 5) is 11.8. The van der Waals surface area contributed by atoms with Gasteiger partial charge < -0.3 is 10.1 Å². The Labute approximate surface area is 137 Å². The molecule has 0 spiro atoms. The fourth-order valence-corrected chi connectivity index (χ4v) is 2.18. The zero-order valence-electron chi connectivity index (χ0n) is 11.7. The number of nitrogens with one attached hydrogen (secondary N) is 1. The molecule has 1 aromatic carbocycles. The van der Waals surface area contributed by atoms with Crippen molar-refractivity contribution >= 4 is 34.6 Å². The number of benzene rings is 1. The number of nitrogens with zero attached hydrogens (tertiary/aromatic N) is 2. The summed E-state index contributed by atoms with van der Waals surface area (Å²) >= 11 is 2.07. The number of nitriles is 2. The molecule has 5 nitrogen and oxygen atoms in total. The van der Waals surface area contributed by atoms with Crippen LogP contribution in [-0.4, -0.2) is 18.6 Å². The Hall–Kier alpha value is -2.06. The highest BCUT2D eigenvalue weighted by molar-refractivity contribution is 14.1. The van der Waals surface area contributed by atoms with Gasteiger partial charge in [-0.3, -0.25) is 4.79 Å². The molecule has 21 heavy (non-hydrogen) atoms. The van der Waals surface area contributed by atoms with Gasteiger partial charge in [0.15, 0.2) is 6.61 Å². The smallest absolute Gasteiger partial charge is 0.262 e. The highest BCUT2D eigenvalue weighted by Crippen LogP contribution is 2.23. The van der Waals surface area contributed by atoms with Crippen molar-refractivity contribution in [1.82, 2.24) is 5.32 Å². The van der Waals surface area contributed by atoms with Gasteiger partial charge in [0, 0.05) is 6.04 Å². The van der Waals surface area contributed by atoms with Crippen molar-refractivity contribution in [3.63, 3.8) is 0 Å². The summed E-state index contributed by atoms with van der Waals surface area (Å²) in [5.41, 5.74) is 0.768. The van der Waals surface area contributed by atoms with E-state index in [1.54, 1.807) is 18.2 Å². The lowest BCUT2D eigenvalue weighted by molar-refractivity contribution is -0.117. The van der Waals surface area contributed by atoms with Gasteiger partial charge in [-0.1, -0.05) is 6.07 Å². The SMILES string of the molecule is CC(C)NC(=O)/C(C#N)=C\c1ccc(OCC#N)c(I)c1. The molecule has 0 aliphatic rings. The first kappa shape index (κ1) is 17.0. The third kappa shape index (κ3) is 5.44. The average Bonchev–Trinajstić information content (AvgIpc) is 2.43. The molecule has 0 unspecified atom stereocenters.